The third-order valence-electron chi connectivity index (χ3n) is 27.0. The summed E-state index contributed by atoms with van der Waals surface area (Å²) in [5, 5.41) is 0. The lowest BCUT2D eigenvalue weighted by Gasteiger charge is -2.32. The average molecular weight is 1860 g/mol. The monoisotopic (exact) mass is 1850 g/mol. The van der Waals surface area contributed by atoms with Crippen LogP contribution in [0.5, 0.6) is 23.0 Å². The molecule has 8 nitrogen and oxygen atoms in total. The molecule has 0 aromatic heterocycles. The smallest absolute Gasteiger partial charge is 0.151 e. The Kier molecular flexibility index (Phi) is 22.8. The van der Waals surface area contributed by atoms with E-state index in [0.717, 1.165) is 125 Å². The fourth-order valence-electron chi connectivity index (χ4n) is 19.8. The Morgan fingerprint density at radius 2 is 0.268 bits per heavy atom. The van der Waals surface area contributed by atoms with Crippen LogP contribution in [0.4, 0.5) is 102 Å². The van der Waals surface area contributed by atoms with E-state index in [0.29, 0.717) is 0 Å². The SMILES string of the molecule is c1ccc(N(c2ccc(-c3ccc(-c4ccc(N5c6ccccc6Oc6ccccc65)cc4)cc3)cc2)c2ccc(-c3ccc(-c4ccc(N5c6ccccc6Oc6ccccc65)cc4)cc3)cc2)cc1.c1ccc(N(c2ccc(-c3ccc(-c4ccc(N5c6ccccc6Sc6ccccc65)cc4)cc3)cc2)c2ccc(-c3ccc(-c4ccc(N5c6ccccc6Sc6ccccc65)cc4)cc3)cc2)cc1. The predicted octanol–water partition coefficient (Wildman–Crippen LogP) is 38.7. The number of ether oxygens (including phenoxy) is 2. The zero-order valence-electron chi connectivity index (χ0n) is 77.3. The molecule has 22 aromatic carbocycles. The van der Waals surface area contributed by atoms with Crippen LogP contribution in [0.15, 0.2) is 566 Å². The summed E-state index contributed by atoms with van der Waals surface area (Å²) >= 11 is 3.67. The van der Waals surface area contributed by atoms with Crippen molar-refractivity contribution in [2.45, 2.75) is 19.6 Å². The van der Waals surface area contributed by atoms with Crippen LogP contribution < -0.4 is 38.9 Å². The molecule has 4 aliphatic rings. The normalized spacial score (nSPS) is 12.2. The predicted molar refractivity (Wildman–Crippen MR) is 593 cm³/mol. The molecule has 0 saturated heterocycles. The fraction of sp³-hybridized carbons (Fsp3) is 0. The minimum absolute atomic E-state index is 0.850. The van der Waals surface area contributed by atoms with Crippen LogP contribution in [-0.4, -0.2) is 0 Å². The van der Waals surface area contributed by atoms with Crippen molar-refractivity contribution in [2.24, 2.45) is 0 Å². The van der Waals surface area contributed by atoms with E-state index in [1.807, 2.05) is 72.1 Å². The molecule has 0 atom stereocenters. The molecular formula is C132H90N6O2S2. The van der Waals surface area contributed by atoms with Crippen molar-refractivity contribution >= 4 is 126 Å². The Hall–Kier alpha value is -18.1. The van der Waals surface area contributed by atoms with Gasteiger partial charge in [-0.05, 0) is 307 Å². The lowest BCUT2D eigenvalue weighted by Crippen LogP contribution is -2.15. The third-order valence-corrected chi connectivity index (χ3v) is 29.2. The van der Waals surface area contributed by atoms with Crippen molar-refractivity contribution < 1.29 is 9.47 Å². The van der Waals surface area contributed by atoms with Crippen LogP contribution >= 0.6 is 23.5 Å². The second-order valence-corrected chi connectivity index (χ2v) is 37.7. The van der Waals surface area contributed by atoms with Gasteiger partial charge in [0, 0.05) is 76.5 Å². The summed E-state index contributed by atoms with van der Waals surface area (Å²) in [6, 6.07) is 195. The van der Waals surface area contributed by atoms with Gasteiger partial charge in [0.25, 0.3) is 0 Å². The van der Waals surface area contributed by atoms with Gasteiger partial charge in [0.15, 0.2) is 23.0 Å². The highest BCUT2D eigenvalue weighted by Gasteiger charge is 2.31. The first-order chi connectivity index (χ1) is 70.4. The van der Waals surface area contributed by atoms with Crippen molar-refractivity contribution in [2.75, 3.05) is 29.4 Å². The average Bonchev–Trinajstić information content (AvgIpc) is 0.768. The zero-order valence-corrected chi connectivity index (χ0v) is 78.9. The number of hydrogen-bond acceptors (Lipinski definition) is 10. The summed E-state index contributed by atoms with van der Waals surface area (Å²) in [5.74, 6) is 3.40. The number of para-hydroxylation sites is 14. The molecule has 10 heteroatoms. The number of anilines is 18. The topological polar surface area (TPSA) is 37.9 Å². The molecule has 4 heterocycles. The fourth-order valence-corrected chi connectivity index (χ4v) is 21.9. The highest BCUT2D eigenvalue weighted by Crippen LogP contribution is 2.57. The Morgan fingerprint density at radius 3 is 0.465 bits per heavy atom. The van der Waals surface area contributed by atoms with E-state index >= 15 is 0 Å². The molecule has 0 aliphatic carbocycles. The summed E-state index contributed by atoms with van der Waals surface area (Å²) in [5.41, 5.74) is 38.9. The van der Waals surface area contributed by atoms with Gasteiger partial charge in [-0.1, -0.05) is 351 Å². The van der Waals surface area contributed by atoms with Gasteiger partial charge in [0.05, 0.1) is 45.5 Å². The number of hydrogen-bond donors (Lipinski definition) is 0. The molecule has 672 valence electrons. The Balaban J connectivity index is 0.000000149. The molecule has 4 aliphatic heterocycles. The van der Waals surface area contributed by atoms with Gasteiger partial charge in [-0.25, -0.2) is 0 Å². The molecule has 0 N–H and O–H groups in total. The van der Waals surface area contributed by atoms with E-state index in [2.05, 4.69) is 527 Å². The number of fused-ring (bicyclic) bond motifs is 8. The largest absolute Gasteiger partial charge is 0.453 e. The van der Waals surface area contributed by atoms with E-state index in [9.17, 15) is 0 Å². The maximum absolute atomic E-state index is 6.24. The molecule has 0 bridgehead atoms. The molecular weight excluding hydrogens is 1770 g/mol. The van der Waals surface area contributed by atoms with Crippen molar-refractivity contribution in [1.82, 2.24) is 0 Å². The molecule has 26 rings (SSSR count). The van der Waals surface area contributed by atoms with Gasteiger partial charge in [0.2, 0.25) is 0 Å². The molecule has 0 radical (unpaired) electrons. The summed E-state index contributed by atoms with van der Waals surface area (Å²) in [4.78, 5) is 19.0. The number of rotatable bonds is 18. The second-order valence-electron chi connectivity index (χ2n) is 35.5. The quantitative estimate of drug-likeness (QED) is 0.0829. The molecule has 142 heavy (non-hydrogen) atoms. The number of nitrogens with zero attached hydrogens (tertiary/aromatic N) is 6. The van der Waals surface area contributed by atoms with Crippen molar-refractivity contribution in [3.8, 4) is 112 Å². The summed E-state index contributed by atoms with van der Waals surface area (Å²) in [6.07, 6.45) is 0. The van der Waals surface area contributed by atoms with E-state index in [-0.39, 0.29) is 0 Å². The first-order valence-electron chi connectivity index (χ1n) is 48.0. The van der Waals surface area contributed by atoms with Crippen molar-refractivity contribution in [3.05, 3.63) is 546 Å². The van der Waals surface area contributed by atoms with Crippen LogP contribution in [0, 0.1) is 0 Å². The lowest BCUT2D eigenvalue weighted by molar-refractivity contribution is 0.477. The van der Waals surface area contributed by atoms with E-state index < -0.39 is 0 Å². The standard InChI is InChI=1S/C66H45N3O2.C66H45N3S2/c2*1-2-12-54(13-3-1)67(55-38-30-50(31-39-55)46-22-26-48(27-23-46)52-34-42-57(43-35-52)68-59-14-4-8-18-63(59)70-64-19-9-5-15-60(64)68)56-40-32-51(33-41-56)47-24-28-49(29-25-47)53-36-44-58(45-37-53)69-61-16-6-10-20-65(61)71-66-21-11-7-17-62(66)69/h2*1-45H. The Morgan fingerprint density at radius 1 is 0.127 bits per heavy atom. The summed E-state index contributed by atoms with van der Waals surface area (Å²) in [7, 11) is 0. The second kappa shape index (κ2) is 37.8. The molecule has 22 aromatic rings. The molecule has 0 fully saturated rings. The molecule has 0 spiro atoms. The van der Waals surface area contributed by atoms with Crippen LogP contribution in [0.2, 0.25) is 0 Å². The van der Waals surface area contributed by atoms with Gasteiger partial charge in [0.1, 0.15) is 0 Å². The van der Waals surface area contributed by atoms with Gasteiger partial charge < -0.3 is 38.9 Å². The zero-order chi connectivity index (χ0) is 94.2. The third kappa shape index (κ3) is 16.8. The first-order valence-corrected chi connectivity index (χ1v) is 49.6. The van der Waals surface area contributed by atoms with E-state index in [1.165, 1.54) is 109 Å². The van der Waals surface area contributed by atoms with Crippen molar-refractivity contribution in [1.29, 1.82) is 0 Å². The molecule has 0 unspecified atom stereocenters. The summed E-state index contributed by atoms with van der Waals surface area (Å²) < 4.78 is 12.5. The summed E-state index contributed by atoms with van der Waals surface area (Å²) in [6.45, 7) is 0. The first kappa shape index (κ1) is 85.6. The van der Waals surface area contributed by atoms with E-state index in [4.69, 9.17) is 9.47 Å². The van der Waals surface area contributed by atoms with Gasteiger partial charge >= 0.3 is 0 Å². The lowest BCUT2D eigenvalue weighted by atomic mass is 9.99. The van der Waals surface area contributed by atoms with Crippen LogP contribution in [0.3, 0.4) is 0 Å². The maximum Gasteiger partial charge on any atom is 0.151 e. The minimum atomic E-state index is 0.850. The Bertz CT molecular complexity index is 7200. The highest BCUT2D eigenvalue weighted by molar-refractivity contribution is 8.00. The molecule has 0 saturated carbocycles. The van der Waals surface area contributed by atoms with E-state index in [1.54, 1.807) is 0 Å². The minimum Gasteiger partial charge on any atom is -0.453 e. The maximum atomic E-state index is 6.24. The van der Waals surface area contributed by atoms with Crippen LogP contribution in [0.1, 0.15) is 0 Å². The Labute approximate surface area is 836 Å². The van der Waals surface area contributed by atoms with Gasteiger partial charge in [-0.3, -0.25) is 0 Å². The number of benzene rings is 22. The highest BCUT2D eigenvalue weighted by atomic mass is 32.2. The van der Waals surface area contributed by atoms with Crippen molar-refractivity contribution in [3.63, 3.8) is 0 Å². The van der Waals surface area contributed by atoms with Gasteiger partial charge in [-0.15, -0.1) is 0 Å². The molecule has 0 amide bonds. The van der Waals surface area contributed by atoms with Crippen LogP contribution in [-0.2, 0) is 0 Å². The van der Waals surface area contributed by atoms with Gasteiger partial charge in [-0.2, -0.15) is 0 Å². The van der Waals surface area contributed by atoms with Crippen LogP contribution in [0.25, 0.3) is 89.0 Å².